The average molecular weight is 520 g/mol. The van der Waals surface area contributed by atoms with E-state index in [2.05, 4.69) is 41.6 Å². The number of aromatic nitrogens is 1. The molecule has 0 aliphatic rings. The van der Waals surface area contributed by atoms with E-state index < -0.39 is 5.91 Å². The Hall–Kier alpha value is -4.11. The van der Waals surface area contributed by atoms with Crippen LogP contribution in [0.3, 0.4) is 0 Å². The van der Waals surface area contributed by atoms with Crippen molar-refractivity contribution in [1.82, 2.24) is 10.3 Å². The molecule has 4 rings (SSSR count). The summed E-state index contributed by atoms with van der Waals surface area (Å²) in [5.41, 5.74) is 4.97. The van der Waals surface area contributed by atoms with Gasteiger partial charge in [0.1, 0.15) is 5.52 Å². The monoisotopic (exact) mass is 519 g/mol. The first-order chi connectivity index (χ1) is 17.8. The molecule has 3 aromatic carbocycles. The number of hydrogen-bond donors (Lipinski definition) is 2. The average Bonchev–Trinajstić information content (AvgIpc) is 3.30. The van der Waals surface area contributed by atoms with Crippen molar-refractivity contribution in [3.05, 3.63) is 77.2 Å². The molecule has 0 radical (unpaired) electrons. The summed E-state index contributed by atoms with van der Waals surface area (Å²) in [5.74, 6) is 1.83. The lowest BCUT2D eigenvalue weighted by atomic mass is 10.0. The number of nitrogens with zero attached hydrogens (tertiary/aromatic N) is 1. The second-order valence-electron chi connectivity index (χ2n) is 8.69. The molecule has 0 spiro atoms. The standard InChI is InChI=1S/C28H29N3O5S/c1-16(2)18-8-11-22-21(13-18)30-25(36-22)12-17-6-9-20(10-7-17)29-28(37)31-27(32)19-14-23(33-3)26(35-5)24(15-19)34-4/h6-11,13-16H,12H2,1-5H3,(H2,29,31,32,37). The molecule has 8 nitrogen and oxygen atoms in total. The molecule has 0 atom stereocenters. The highest BCUT2D eigenvalue weighted by Gasteiger charge is 2.18. The first-order valence-corrected chi connectivity index (χ1v) is 12.1. The minimum atomic E-state index is -0.412. The summed E-state index contributed by atoms with van der Waals surface area (Å²) in [7, 11) is 4.48. The zero-order valence-corrected chi connectivity index (χ0v) is 22.2. The van der Waals surface area contributed by atoms with Crippen molar-refractivity contribution in [1.29, 1.82) is 0 Å². The van der Waals surface area contributed by atoms with Crippen molar-refractivity contribution < 1.29 is 23.4 Å². The van der Waals surface area contributed by atoms with Crippen LogP contribution in [0, 0.1) is 0 Å². The van der Waals surface area contributed by atoms with Crippen LogP contribution in [0.2, 0.25) is 0 Å². The van der Waals surface area contributed by atoms with E-state index in [1.165, 1.54) is 26.9 Å². The summed E-state index contributed by atoms with van der Waals surface area (Å²) in [5, 5.41) is 5.85. The number of fused-ring (bicyclic) bond motifs is 1. The maximum atomic E-state index is 12.8. The number of carbonyl (C=O) groups excluding carboxylic acids is 1. The van der Waals surface area contributed by atoms with Gasteiger partial charge >= 0.3 is 0 Å². The van der Waals surface area contributed by atoms with Gasteiger partial charge in [-0.25, -0.2) is 4.98 Å². The Kier molecular flexibility index (Phi) is 7.93. The Morgan fingerprint density at radius 3 is 2.24 bits per heavy atom. The molecule has 192 valence electrons. The first kappa shape index (κ1) is 26.0. The molecule has 9 heteroatoms. The Labute approximate surface area is 220 Å². The Morgan fingerprint density at radius 1 is 0.973 bits per heavy atom. The highest BCUT2D eigenvalue weighted by molar-refractivity contribution is 7.80. The van der Waals surface area contributed by atoms with Gasteiger partial charge in [0, 0.05) is 17.7 Å². The lowest BCUT2D eigenvalue weighted by molar-refractivity contribution is 0.0977. The van der Waals surface area contributed by atoms with Crippen LogP contribution in [-0.2, 0) is 6.42 Å². The van der Waals surface area contributed by atoms with E-state index in [0.29, 0.717) is 41.0 Å². The Morgan fingerprint density at radius 2 is 1.65 bits per heavy atom. The van der Waals surface area contributed by atoms with E-state index >= 15 is 0 Å². The van der Waals surface area contributed by atoms with Crippen molar-refractivity contribution in [2.45, 2.75) is 26.2 Å². The number of benzene rings is 3. The topological polar surface area (TPSA) is 94.9 Å². The molecule has 37 heavy (non-hydrogen) atoms. The smallest absolute Gasteiger partial charge is 0.257 e. The summed E-state index contributed by atoms with van der Waals surface area (Å²) < 4.78 is 21.8. The molecule has 0 aliphatic heterocycles. The van der Waals surface area contributed by atoms with Gasteiger partial charge in [-0.2, -0.15) is 0 Å². The largest absolute Gasteiger partial charge is 0.493 e. The van der Waals surface area contributed by atoms with E-state index in [1.807, 2.05) is 30.3 Å². The van der Waals surface area contributed by atoms with Gasteiger partial charge in [0.2, 0.25) is 5.75 Å². The summed E-state index contributed by atoms with van der Waals surface area (Å²) in [4.78, 5) is 17.4. The molecule has 0 aliphatic carbocycles. The maximum absolute atomic E-state index is 12.8. The lowest BCUT2D eigenvalue weighted by Gasteiger charge is -2.14. The molecule has 0 saturated heterocycles. The van der Waals surface area contributed by atoms with Crippen molar-refractivity contribution >= 4 is 40.0 Å². The second-order valence-corrected chi connectivity index (χ2v) is 9.09. The SMILES string of the molecule is COc1cc(C(=O)NC(=S)Nc2ccc(Cc3nc4cc(C(C)C)ccc4o3)cc2)cc(OC)c1OC. The number of rotatable bonds is 8. The molecule has 0 unspecified atom stereocenters. The minimum Gasteiger partial charge on any atom is -0.493 e. The number of nitrogens with one attached hydrogen (secondary N) is 2. The number of methoxy groups -OCH3 is 3. The fourth-order valence-electron chi connectivity index (χ4n) is 3.86. The third-order valence-electron chi connectivity index (χ3n) is 5.84. The van der Waals surface area contributed by atoms with Gasteiger partial charge in [-0.15, -0.1) is 0 Å². The molecule has 2 N–H and O–H groups in total. The van der Waals surface area contributed by atoms with Gasteiger partial charge < -0.3 is 23.9 Å². The lowest BCUT2D eigenvalue weighted by Crippen LogP contribution is -2.34. The molecule has 1 aromatic heterocycles. The van der Waals surface area contributed by atoms with Gasteiger partial charge in [-0.05, 0) is 65.7 Å². The number of oxazole rings is 1. The highest BCUT2D eigenvalue weighted by Crippen LogP contribution is 2.38. The van der Waals surface area contributed by atoms with Crippen molar-refractivity contribution in [3.8, 4) is 17.2 Å². The van der Waals surface area contributed by atoms with Gasteiger partial charge in [0.05, 0.1) is 21.3 Å². The van der Waals surface area contributed by atoms with Crippen LogP contribution in [0.25, 0.3) is 11.1 Å². The van der Waals surface area contributed by atoms with Crippen LogP contribution in [0.5, 0.6) is 17.2 Å². The predicted molar refractivity (Wildman–Crippen MR) is 147 cm³/mol. The first-order valence-electron chi connectivity index (χ1n) is 11.7. The summed E-state index contributed by atoms with van der Waals surface area (Å²) >= 11 is 5.33. The van der Waals surface area contributed by atoms with E-state index in [4.69, 9.17) is 30.8 Å². The summed E-state index contributed by atoms with van der Waals surface area (Å²) in [6, 6.07) is 16.9. The molecule has 0 saturated carbocycles. The van der Waals surface area contributed by atoms with Crippen LogP contribution in [0.15, 0.2) is 59.0 Å². The van der Waals surface area contributed by atoms with Crippen LogP contribution >= 0.6 is 12.2 Å². The van der Waals surface area contributed by atoms with E-state index in [1.54, 1.807) is 12.1 Å². The molecule has 0 bridgehead atoms. The Balaban J connectivity index is 1.38. The number of hydrogen-bond acceptors (Lipinski definition) is 7. The maximum Gasteiger partial charge on any atom is 0.257 e. The number of ether oxygens (including phenoxy) is 3. The van der Waals surface area contributed by atoms with Gasteiger partial charge in [-0.1, -0.05) is 32.0 Å². The molecular weight excluding hydrogens is 490 g/mol. The van der Waals surface area contributed by atoms with Crippen LogP contribution in [-0.4, -0.2) is 37.3 Å². The fraction of sp³-hybridized carbons (Fsp3) is 0.250. The molecule has 1 heterocycles. The van der Waals surface area contributed by atoms with Crippen LogP contribution < -0.4 is 24.8 Å². The normalized spacial score (nSPS) is 10.9. The molecule has 0 fully saturated rings. The number of carbonyl (C=O) groups is 1. The van der Waals surface area contributed by atoms with E-state index in [0.717, 1.165) is 22.4 Å². The Bertz CT molecular complexity index is 1400. The number of amides is 1. The predicted octanol–water partition coefficient (Wildman–Crippen LogP) is 5.69. The zero-order chi connectivity index (χ0) is 26.5. The minimum absolute atomic E-state index is 0.159. The van der Waals surface area contributed by atoms with Crippen LogP contribution in [0.1, 0.15) is 47.1 Å². The molecular formula is C28H29N3O5S. The number of thiocarbonyl (C=S) groups is 1. The summed E-state index contributed by atoms with van der Waals surface area (Å²) in [6.07, 6.45) is 0.564. The molecule has 4 aromatic rings. The van der Waals surface area contributed by atoms with Gasteiger partial charge in [-0.3, -0.25) is 10.1 Å². The highest BCUT2D eigenvalue weighted by atomic mass is 32.1. The van der Waals surface area contributed by atoms with Crippen molar-refractivity contribution in [3.63, 3.8) is 0 Å². The second kappa shape index (κ2) is 11.3. The fourth-order valence-corrected chi connectivity index (χ4v) is 4.07. The third-order valence-corrected chi connectivity index (χ3v) is 6.05. The van der Waals surface area contributed by atoms with Gasteiger partial charge in [0.25, 0.3) is 5.91 Å². The zero-order valence-electron chi connectivity index (χ0n) is 21.4. The van der Waals surface area contributed by atoms with Crippen molar-refractivity contribution in [2.24, 2.45) is 0 Å². The summed E-state index contributed by atoms with van der Waals surface area (Å²) in [6.45, 7) is 4.31. The van der Waals surface area contributed by atoms with Crippen LogP contribution in [0.4, 0.5) is 5.69 Å². The van der Waals surface area contributed by atoms with Gasteiger partial charge in [0.15, 0.2) is 28.1 Å². The molecule has 1 amide bonds. The third kappa shape index (κ3) is 6.00. The van der Waals surface area contributed by atoms with E-state index in [-0.39, 0.29) is 5.11 Å². The van der Waals surface area contributed by atoms with E-state index in [9.17, 15) is 4.79 Å². The van der Waals surface area contributed by atoms with Crippen molar-refractivity contribution in [2.75, 3.05) is 26.6 Å². The quantitative estimate of drug-likeness (QED) is 0.287. The number of anilines is 1.